The molecule has 0 saturated heterocycles. The Kier molecular flexibility index (Phi) is 2.94. The zero-order chi connectivity index (χ0) is 10.0. The number of benzene rings is 1. The summed E-state index contributed by atoms with van der Waals surface area (Å²) in [5.74, 6) is 0.638. The van der Waals surface area contributed by atoms with Crippen molar-refractivity contribution in [3.63, 3.8) is 0 Å². The predicted octanol–water partition coefficient (Wildman–Crippen LogP) is 2.36. The molecule has 1 aromatic carbocycles. The molecule has 0 heterocycles. The lowest BCUT2D eigenvalue weighted by atomic mass is 9.95. The molecule has 0 saturated carbocycles. The lowest BCUT2D eigenvalue weighted by molar-refractivity contribution is 0.439. The van der Waals surface area contributed by atoms with Gasteiger partial charge in [0.15, 0.2) is 0 Å². The number of aryl methyl sites for hydroxylation is 1. The first kappa shape index (κ1) is 10.1. The van der Waals surface area contributed by atoms with Crippen molar-refractivity contribution in [3.05, 3.63) is 29.3 Å². The highest BCUT2D eigenvalue weighted by molar-refractivity contribution is 5.37. The Balaban J connectivity index is 3.05. The minimum absolute atomic E-state index is 0.0834. The molecule has 0 amide bonds. The summed E-state index contributed by atoms with van der Waals surface area (Å²) in [7, 11) is 0. The molecule has 1 atom stereocenters. The number of phenols is 1. The van der Waals surface area contributed by atoms with E-state index in [2.05, 4.69) is 0 Å². The number of aromatic hydroxyl groups is 1. The summed E-state index contributed by atoms with van der Waals surface area (Å²) < 4.78 is 0. The fourth-order valence-electron chi connectivity index (χ4n) is 1.30. The van der Waals surface area contributed by atoms with Crippen LogP contribution in [0, 0.1) is 12.8 Å². The van der Waals surface area contributed by atoms with E-state index in [1.807, 2.05) is 32.9 Å². The van der Waals surface area contributed by atoms with Crippen LogP contribution in [0.3, 0.4) is 0 Å². The highest BCUT2D eigenvalue weighted by Gasteiger charge is 2.14. The van der Waals surface area contributed by atoms with Gasteiger partial charge in [-0.25, -0.2) is 0 Å². The van der Waals surface area contributed by atoms with Crippen molar-refractivity contribution in [2.45, 2.75) is 26.8 Å². The molecule has 1 unspecified atom stereocenters. The maximum absolute atomic E-state index is 9.57. The molecular weight excluding hydrogens is 162 g/mol. The zero-order valence-electron chi connectivity index (χ0n) is 8.41. The molecule has 72 valence electrons. The fraction of sp³-hybridized carbons (Fsp3) is 0.455. The van der Waals surface area contributed by atoms with Gasteiger partial charge in [0.2, 0.25) is 0 Å². The van der Waals surface area contributed by atoms with Gasteiger partial charge in [0.1, 0.15) is 5.75 Å². The largest absolute Gasteiger partial charge is 0.508 e. The van der Waals surface area contributed by atoms with Gasteiger partial charge in [0.05, 0.1) is 0 Å². The lowest BCUT2D eigenvalue weighted by Gasteiger charge is -2.17. The van der Waals surface area contributed by atoms with Gasteiger partial charge >= 0.3 is 0 Å². The van der Waals surface area contributed by atoms with E-state index < -0.39 is 0 Å². The van der Waals surface area contributed by atoms with Crippen molar-refractivity contribution in [1.29, 1.82) is 0 Å². The molecule has 0 aliphatic heterocycles. The lowest BCUT2D eigenvalue weighted by Crippen LogP contribution is -2.16. The van der Waals surface area contributed by atoms with Gasteiger partial charge < -0.3 is 10.8 Å². The quantitative estimate of drug-likeness (QED) is 0.732. The van der Waals surface area contributed by atoms with Gasteiger partial charge in [0.25, 0.3) is 0 Å². The van der Waals surface area contributed by atoms with Crippen LogP contribution in [0.15, 0.2) is 18.2 Å². The van der Waals surface area contributed by atoms with E-state index in [1.165, 1.54) is 0 Å². The van der Waals surface area contributed by atoms with E-state index in [0.29, 0.717) is 11.7 Å². The first-order valence-corrected chi connectivity index (χ1v) is 4.57. The summed E-state index contributed by atoms with van der Waals surface area (Å²) in [6.45, 7) is 6.09. The summed E-state index contributed by atoms with van der Waals surface area (Å²) in [6, 6.07) is 5.44. The van der Waals surface area contributed by atoms with Crippen LogP contribution in [0.25, 0.3) is 0 Å². The average Bonchev–Trinajstić information content (AvgIpc) is 2.08. The van der Waals surface area contributed by atoms with Crippen LogP contribution in [-0.4, -0.2) is 5.11 Å². The highest BCUT2D eigenvalue weighted by Crippen LogP contribution is 2.27. The van der Waals surface area contributed by atoms with Crippen LogP contribution in [0.4, 0.5) is 0 Å². The topological polar surface area (TPSA) is 46.2 Å². The van der Waals surface area contributed by atoms with E-state index in [1.54, 1.807) is 6.07 Å². The van der Waals surface area contributed by atoms with Crippen LogP contribution >= 0.6 is 0 Å². The summed E-state index contributed by atoms with van der Waals surface area (Å²) in [6.07, 6.45) is 0. The second-order valence-corrected chi connectivity index (χ2v) is 3.83. The molecule has 13 heavy (non-hydrogen) atoms. The summed E-state index contributed by atoms with van der Waals surface area (Å²) in [5, 5.41) is 9.57. The molecule has 0 spiro atoms. The first-order chi connectivity index (χ1) is 6.02. The van der Waals surface area contributed by atoms with Crippen LogP contribution in [0.5, 0.6) is 5.75 Å². The molecule has 0 bridgehead atoms. The minimum Gasteiger partial charge on any atom is -0.508 e. The van der Waals surface area contributed by atoms with E-state index in [4.69, 9.17) is 5.73 Å². The molecule has 2 nitrogen and oxygen atoms in total. The average molecular weight is 179 g/mol. The smallest absolute Gasteiger partial charge is 0.120 e. The second-order valence-electron chi connectivity index (χ2n) is 3.83. The zero-order valence-corrected chi connectivity index (χ0v) is 8.41. The minimum atomic E-state index is -0.0834. The third-order valence-corrected chi connectivity index (χ3v) is 2.26. The fourth-order valence-corrected chi connectivity index (χ4v) is 1.30. The van der Waals surface area contributed by atoms with E-state index in [-0.39, 0.29) is 6.04 Å². The van der Waals surface area contributed by atoms with Crippen LogP contribution in [-0.2, 0) is 0 Å². The molecule has 1 aromatic rings. The van der Waals surface area contributed by atoms with Crippen molar-refractivity contribution >= 4 is 0 Å². The standard InChI is InChI=1S/C11H17NO/c1-7(2)11(12)9-6-8(3)4-5-10(9)13/h4-7,11,13H,12H2,1-3H3. The monoisotopic (exact) mass is 179 g/mol. The van der Waals surface area contributed by atoms with Gasteiger partial charge in [-0.15, -0.1) is 0 Å². The molecule has 0 fully saturated rings. The van der Waals surface area contributed by atoms with Crippen molar-refractivity contribution in [2.75, 3.05) is 0 Å². The Bertz CT molecular complexity index is 294. The van der Waals surface area contributed by atoms with Crippen molar-refractivity contribution in [1.82, 2.24) is 0 Å². The first-order valence-electron chi connectivity index (χ1n) is 4.57. The van der Waals surface area contributed by atoms with Crippen LogP contribution in [0.1, 0.15) is 31.0 Å². The summed E-state index contributed by atoms with van der Waals surface area (Å²) in [5.41, 5.74) is 7.92. The SMILES string of the molecule is Cc1ccc(O)c(C(N)C(C)C)c1. The maximum atomic E-state index is 9.57. The van der Waals surface area contributed by atoms with Crippen LogP contribution < -0.4 is 5.73 Å². The molecule has 0 radical (unpaired) electrons. The Morgan fingerprint density at radius 3 is 2.46 bits per heavy atom. The van der Waals surface area contributed by atoms with Gasteiger partial charge in [-0.1, -0.05) is 31.5 Å². The molecule has 0 aliphatic carbocycles. The van der Waals surface area contributed by atoms with E-state index in [0.717, 1.165) is 11.1 Å². The number of phenolic OH excluding ortho intramolecular Hbond substituents is 1. The summed E-state index contributed by atoms with van der Waals surface area (Å²) >= 11 is 0. The third kappa shape index (κ3) is 2.22. The number of rotatable bonds is 2. The predicted molar refractivity (Wildman–Crippen MR) is 54.6 cm³/mol. The van der Waals surface area contributed by atoms with Gasteiger partial charge in [-0.2, -0.15) is 0 Å². The number of nitrogens with two attached hydrogens (primary N) is 1. The molecule has 0 aliphatic rings. The van der Waals surface area contributed by atoms with Gasteiger partial charge in [-0.3, -0.25) is 0 Å². The third-order valence-electron chi connectivity index (χ3n) is 2.26. The normalized spacial score (nSPS) is 13.3. The van der Waals surface area contributed by atoms with E-state index >= 15 is 0 Å². The molecule has 1 rings (SSSR count). The van der Waals surface area contributed by atoms with Crippen molar-refractivity contribution in [2.24, 2.45) is 11.7 Å². The maximum Gasteiger partial charge on any atom is 0.120 e. The Morgan fingerprint density at radius 2 is 1.92 bits per heavy atom. The van der Waals surface area contributed by atoms with Gasteiger partial charge in [0, 0.05) is 11.6 Å². The molecular formula is C11H17NO. The second kappa shape index (κ2) is 3.79. The van der Waals surface area contributed by atoms with Crippen LogP contribution in [0.2, 0.25) is 0 Å². The highest BCUT2D eigenvalue weighted by atomic mass is 16.3. The number of hydrogen-bond donors (Lipinski definition) is 2. The Morgan fingerprint density at radius 1 is 1.31 bits per heavy atom. The Labute approximate surface area is 79.4 Å². The summed E-state index contributed by atoms with van der Waals surface area (Å²) in [4.78, 5) is 0. The van der Waals surface area contributed by atoms with Gasteiger partial charge in [-0.05, 0) is 18.9 Å². The molecule has 2 heteroatoms. The molecule has 3 N–H and O–H groups in total. The van der Waals surface area contributed by atoms with E-state index in [9.17, 15) is 5.11 Å². The molecule has 0 aromatic heterocycles. The Hall–Kier alpha value is -1.02. The number of hydrogen-bond acceptors (Lipinski definition) is 2. The van der Waals surface area contributed by atoms with Crippen molar-refractivity contribution in [3.8, 4) is 5.75 Å². The van der Waals surface area contributed by atoms with Crippen molar-refractivity contribution < 1.29 is 5.11 Å².